The van der Waals surface area contributed by atoms with Crippen molar-refractivity contribution in [2.24, 2.45) is 0 Å². The fraction of sp³-hybridized carbons (Fsp3) is 0.833. The summed E-state index contributed by atoms with van der Waals surface area (Å²) in [4.78, 5) is 21.6. The van der Waals surface area contributed by atoms with Gasteiger partial charge in [0.05, 0.1) is 25.7 Å². The molecule has 0 saturated carbocycles. The summed E-state index contributed by atoms with van der Waals surface area (Å²) in [6.07, 6.45) is -3.03. The van der Waals surface area contributed by atoms with Gasteiger partial charge in [0.2, 0.25) is 0 Å². The van der Waals surface area contributed by atoms with Crippen LogP contribution in [0.2, 0.25) is 0 Å². The van der Waals surface area contributed by atoms with Gasteiger partial charge in [-0.25, -0.2) is 4.79 Å². The van der Waals surface area contributed by atoms with Crippen LogP contribution in [0.25, 0.3) is 0 Å². The molecule has 3 atom stereocenters. The van der Waals surface area contributed by atoms with Gasteiger partial charge in [-0.3, -0.25) is 4.79 Å². The zero-order chi connectivity index (χ0) is 14.8. The SMILES string of the molecule is CCOCC(C)OCC(C)OC(=O)C(O)CC(=O)O. The number of carboxylic acids is 1. The van der Waals surface area contributed by atoms with E-state index in [0.717, 1.165) is 0 Å². The summed E-state index contributed by atoms with van der Waals surface area (Å²) in [5, 5.41) is 17.6. The lowest BCUT2D eigenvalue weighted by molar-refractivity contribution is -0.165. The molecule has 0 heterocycles. The molecule has 112 valence electrons. The Morgan fingerprint density at radius 1 is 1.16 bits per heavy atom. The Hall–Kier alpha value is -1.18. The summed E-state index contributed by atoms with van der Waals surface area (Å²) in [5.41, 5.74) is 0. The molecule has 0 radical (unpaired) electrons. The van der Waals surface area contributed by atoms with E-state index in [-0.39, 0.29) is 12.7 Å². The number of rotatable bonds is 10. The molecule has 2 N–H and O–H groups in total. The second-order valence-corrected chi connectivity index (χ2v) is 4.16. The van der Waals surface area contributed by atoms with Crippen LogP contribution in [0.3, 0.4) is 0 Å². The number of hydrogen-bond acceptors (Lipinski definition) is 6. The van der Waals surface area contributed by atoms with Gasteiger partial charge in [0.15, 0.2) is 6.10 Å². The van der Waals surface area contributed by atoms with Gasteiger partial charge in [-0.15, -0.1) is 0 Å². The van der Waals surface area contributed by atoms with Crippen molar-refractivity contribution < 1.29 is 34.0 Å². The summed E-state index contributed by atoms with van der Waals surface area (Å²) in [5.74, 6) is -2.23. The maximum atomic E-state index is 11.3. The summed E-state index contributed by atoms with van der Waals surface area (Å²) >= 11 is 0. The molecule has 0 aromatic heterocycles. The Bertz CT molecular complexity index is 279. The second-order valence-electron chi connectivity index (χ2n) is 4.16. The third-order valence-corrected chi connectivity index (χ3v) is 2.13. The average molecular weight is 278 g/mol. The molecule has 0 aliphatic carbocycles. The number of hydrogen-bond donors (Lipinski definition) is 2. The van der Waals surface area contributed by atoms with Gasteiger partial charge in [-0.2, -0.15) is 0 Å². The highest BCUT2D eigenvalue weighted by molar-refractivity contribution is 5.80. The van der Waals surface area contributed by atoms with Crippen molar-refractivity contribution in [2.75, 3.05) is 19.8 Å². The number of aliphatic carboxylic acids is 1. The molecule has 7 nitrogen and oxygen atoms in total. The first-order chi connectivity index (χ1) is 8.86. The Balaban J connectivity index is 3.87. The van der Waals surface area contributed by atoms with Crippen LogP contribution in [0.5, 0.6) is 0 Å². The molecule has 0 aromatic carbocycles. The molecular formula is C12H22O7. The third kappa shape index (κ3) is 9.40. The molecule has 0 bridgehead atoms. The van der Waals surface area contributed by atoms with Crippen LogP contribution < -0.4 is 0 Å². The monoisotopic (exact) mass is 278 g/mol. The molecule has 7 heteroatoms. The second kappa shape index (κ2) is 9.71. The molecule has 0 rings (SSSR count). The van der Waals surface area contributed by atoms with Crippen LogP contribution in [0, 0.1) is 0 Å². The lowest BCUT2D eigenvalue weighted by Crippen LogP contribution is -2.31. The molecule has 0 fully saturated rings. The highest BCUT2D eigenvalue weighted by Gasteiger charge is 2.22. The highest BCUT2D eigenvalue weighted by atomic mass is 16.6. The number of carbonyl (C=O) groups is 2. The maximum absolute atomic E-state index is 11.3. The number of ether oxygens (including phenoxy) is 3. The highest BCUT2D eigenvalue weighted by Crippen LogP contribution is 2.02. The van der Waals surface area contributed by atoms with E-state index in [1.807, 2.05) is 13.8 Å². The summed E-state index contributed by atoms with van der Waals surface area (Å²) in [6, 6.07) is 0. The number of aliphatic hydroxyl groups is 1. The fourth-order valence-electron chi connectivity index (χ4n) is 1.19. The van der Waals surface area contributed by atoms with Crippen LogP contribution in [-0.4, -0.2) is 60.3 Å². The van der Waals surface area contributed by atoms with E-state index in [9.17, 15) is 14.7 Å². The van der Waals surface area contributed by atoms with Crippen molar-refractivity contribution in [1.29, 1.82) is 0 Å². The van der Waals surface area contributed by atoms with Crippen LogP contribution in [0.4, 0.5) is 0 Å². The van der Waals surface area contributed by atoms with Crippen molar-refractivity contribution in [2.45, 2.75) is 45.5 Å². The largest absolute Gasteiger partial charge is 0.481 e. The summed E-state index contributed by atoms with van der Waals surface area (Å²) in [6.45, 7) is 6.49. The minimum atomic E-state index is -1.65. The van der Waals surface area contributed by atoms with Crippen molar-refractivity contribution >= 4 is 11.9 Å². The minimum absolute atomic E-state index is 0.134. The molecule has 0 amide bonds. The number of carboxylic acid groups (broad SMARTS) is 1. The molecule has 0 spiro atoms. The van der Waals surface area contributed by atoms with Gasteiger partial charge in [-0.05, 0) is 20.8 Å². The Labute approximate surface area is 112 Å². The van der Waals surface area contributed by atoms with Crippen LogP contribution >= 0.6 is 0 Å². The molecule has 0 aliphatic rings. The van der Waals surface area contributed by atoms with E-state index in [1.165, 1.54) is 0 Å². The van der Waals surface area contributed by atoms with Gasteiger partial charge in [0.25, 0.3) is 0 Å². The zero-order valence-corrected chi connectivity index (χ0v) is 11.5. The van der Waals surface area contributed by atoms with E-state index in [1.54, 1.807) is 6.92 Å². The van der Waals surface area contributed by atoms with E-state index < -0.39 is 30.6 Å². The Kier molecular flexibility index (Phi) is 9.11. The van der Waals surface area contributed by atoms with E-state index >= 15 is 0 Å². The number of esters is 1. The molecular weight excluding hydrogens is 256 g/mol. The zero-order valence-electron chi connectivity index (χ0n) is 11.5. The lowest BCUT2D eigenvalue weighted by Gasteiger charge is -2.18. The predicted octanol–water partition coefficient (Wildman–Crippen LogP) is 0.195. The standard InChI is InChI=1S/C12H22O7/c1-4-17-6-8(2)18-7-9(3)19-12(16)10(13)5-11(14)15/h8-10,13H,4-7H2,1-3H3,(H,14,15). The van der Waals surface area contributed by atoms with E-state index in [2.05, 4.69) is 0 Å². The molecule has 0 aliphatic heterocycles. The van der Waals surface area contributed by atoms with Crippen molar-refractivity contribution in [3.8, 4) is 0 Å². The van der Waals surface area contributed by atoms with Crippen LogP contribution in [-0.2, 0) is 23.8 Å². The first-order valence-corrected chi connectivity index (χ1v) is 6.16. The van der Waals surface area contributed by atoms with Gasteiger partial charge >= 0.3 is 11.9 Å². The van der Waals surface area contributed by atoms with E-state index in [0.29, 0.717) is 13.2 Å². The Morgan fingerprint density at radius 2 is 1.79 bits per heavy atom. The third-order valence-electron chi connectivity index (χ3n) is 2.13. The fourth-order valence-corrected chi connectivity index (χ4v) is 1.19. The smallest absolute Gasteiger partial charge is 0.335 e. The van der Waals surface area contributed by atoms with E-state index in [4.69, 9.17) is 19.3 Å². The normalized spacial score (nSPS) is 15.6. The predicted molar refractivity (Wildman–Crippen MR) is 65.7 cm³/mol. The summed E-state index contributed by atoms with van der Waals surface area (Å²) in [7, 11) is 0. The molecule has 3 unspecified atom stereocenters. The number of aliphatic hydroxyl groups excluding tert-OH is 1. The van der Waals surface area contributed by atoms with Gasteiger partial charge in [-0.1, -0.05) is 0 Å². The topological polar surface area (TPSA) is 102 Å². The van der Waals surface area contributed by atoms with Gasteiger partial charge < -0.3 is 24.4 Å². The van der Waals surface area contributed by atoms with Crippen LogP contribution in [0.1, 0.15) is 27.2 Å². The quantitative estimate of drug-likeness (QED) is 0.550. The minimum Gasteiger partial charge on any atom is -0.481 e. The number of carbonyl (C=O) groups excluding carboxylic acids is 1. The Morgan fingerprint density at radius 3 is 2.32 bits per heavy atom. The molecule has 0 aromatic rings. The van der Waals surface area contributed by atoms with Gasteiger partial charge in [0, 0.05) is 6.61 Å². The van der Waals surface area contributed by atoms with Crippen molar-refractivity contribution in [1.82, 2.24) is 0 Å². The summed E-state index contributed by atoms with van der Waals surface area (Å²) < 4.78 is 15.4. The maximum Gasteiger partial charge on any atom is 0.335 e. The lowest BCUT2D eigenvalue weighted by atomic mass is 10.2. The average Bonchev–Trinajstić information content (AvgIpc) is 2.32. The van der Waals surface area contributed by atoms with Crippen LogP contribution in [0.15, 0.2) is 0 Å². The molecule has 0 saturated heterocycles. The van der Waals surface area contributed by atoms with Crippen molar-refractivity contribution in [3.63, 3.8) is 0 Å². The first kappa shape index (κ1) is 17.8. The van der Waals surface area contributed by atoms with Gasteiger partial charge in [0.1, 0.15) is 6.10 Å². The first-order valence-electron chi connectivity index (χ1n) is 6.16. The van der Waals surface area contributed by atoms with Crippen molar-refractivity contribution in [3.05, 3.63) is 0 Å². The molecule has 19 heavy (non-hydrogen) atoms.